The zero-order chi connectivity index (χ0) is 12.3. The van der Waals surface area contributed by atoms with Crippen molar-refractivity contribution in [1.82, 2.24) is 9.88 Å². The molecule has 1 N–H and O–H groups in total. The van der Waals surface area contributed by atoms with Gasteiger partial charge in [0.1, 0.15) is 0 Å². The molecule has 0 amide bonds. The SMILES string of the molecule is CC(c1ccccn1)N1CCC(C(=O)O)CC1. The molecule has 0 aromatic carbocycles. The van der Waals surface area contributed by atoms with Crippen molar-refractivity contribution in [3.8, 4) is 0 Å². The molecule has 1 aromatic heterocycles. The van der Waals surface area contributed by atoms with Crippen LogP contribution in [0.5, 0.6) is 0 Å². The Kier molecular flexibility index (Phi) is 3.74. The van der Waals surface area contributed by atoms with E-state index >= 15 is 0 Å². The van der Waals surface area contributed by atoms with Crippen LogP contribution >= 0.6 is 0 Å². The molecule has 17 heavy (non-hydrogen) atoms. The Morgan fingerprint density at radius 3 is 2.71 bits per heavy atom. The molecule has 4 heteroatoms. The first-order valence-electron chi connectivity index (χ1n) is 6.06. The Morgan fingerprint density at radius 1 is 1.47 bits per heavy atom. The van der Waals surface area contributed by atoms with Crippen molar-refractivity contribution in [2.24, 2.45) is 5.92 Å². The van der Waals surface area contributed by atoms with E-state index in [1.807, 2.05) is 18.2 Å². The Morgan fingerprint density at radius 2 is 2.18 bits per heavy atom. The maximum atomic E-state index is 10.9. The van der Waals surface area contributed by atoms with Crippen LogP contribution in [0.2, 0.25) is 0 Å². The summed E-state index contributed by atoms with van der Waals surface area (Å²) in [6, 6.07) is 6.19. The summed E-state index contributed by atoms with van der Waals surface area (Å²) in [5.74, 6) is -0.822. The quantitative estimate of drug-likeness (QED) is 0.868. The topological polar surface area (TPSA) is 53.4 Å². The highest BCUT2D eigenvalue weighted by molar-refractivity contribution is 5.70. The standard InChI is InChI=1S/C13H18N2O2/c1-10(12-4-2-3-7-14-12)15-8-5-11(6-9-15)13(16)17/h2-4,7,10-11H,5-6,8-9H2,1H3,(H,16,17). The van der Waals surface area contributed by atoms with Gasteiger partial charge >= 0.3 is 5.97 Å². The molecule has 0 radical (unpaired) electrons. The molecule has 4 nitrogen and oxygen atoms in total. The molecule has 1 fully saturated rings. The maximum Gasteiger partial charge on any atom is 0.306 e. The van der Waals surface area contributed by atoms with Gasteiger partial charge in [0.2, 0.25) is 0 Å². The Hall–Kier alpha value is -1.42. The van der Waals surface area contributed by atoms with Gasteiger partial charge in [0.15, 0.2) is 0 Å². The van der Waals surface area contributed by atoms with Crippen LogP contribution < -0.4 is 0 Å². The largest absolute Gasteiger partial charge is 0.481 e. The smallest absolute Gasteiger partial charge is 0.306 e. The van der Waals surface area contributed by atoms with Gasteiger partial charge in [-0.1, -0.05) is 6.07 Å². The molecular formula is C13H18N2O2. The molecule has 0 bridgehead atoms. The molecule has 1 atom stereocenters. The lowest BCUT2D eigenvalue weighted by Crippen LogP contribution is -2.38. The number of aliphatic carboxylic acids is 1. The lowest BCUT2D eigenvalue weighted by molar-refractivity contribution is -0.143. The van der Waals surface area contributed by atoms with E-state index in [4.69, 9.17) is 5.11 Å². The summed E-state index contributed by atoms with van der Waals surface area (Å²) >= 11 is 0. The number of carboxylic acid groups (broad SMARTS) is 1. The normalized spacial score (nSPS) is 20.1. The van der Waals surface area contributed by atoms with Crippen molar-refractivity contribution in [3.05, 3.63) is 30.1 Å². The summed E-state index contributed by atoms with van der Waals surface area (Å²) in [4.78, 5) is 17.5. The Labute approximate surface area is 101 Å². The first-order chi connectivity index (χ1) is 8.18. The van der Waals surface area contributed by atoms with Crippen molar-refractivity contribution in [2.75, 3.05) is 13.1 Å². The van der Waals surface area contributed by atoms with Crippen molar-refractivity contribution in [2.45, 2.75) is 25.8 Å². The molecule has 0 saturated carbocycles. The van der Waals surface area contributed by atoms with Crippen LogP contribution in [0.3, 0.4) is 0 Å². The average molecular weight is 234 g/mol. The molecule has 92 valence electrons. The van der Waals surface area contributed by atoms with Crippen LogP contribution in [-0.2, 0) is 4.79 Å². The summed E-state index contributed by atoms with van der Waals surface area (Å²) in [7, 11) is 0. The lowest BCUT2D eigenvalue weighted by Gasteiger charge is -2.34. The fourth-order valence-corrected chi connectivity index (χ4v) is 2.34. The molecule has 1 unspecified atom stereocenters. The van der Waals surface area contributed by atoms with E-state index in [2.05, 4.69) is 16.8 Å². The van der Waals surface area contributed by atoms with Crippen molar-refractivity contribution in [3.63, 3.8) is 0 Å². The second-order valence-corrected chi connectivity index (χ2v) is 4.58. The minimum atomic E-state index is -0.657. The number of hydrogen-bond acceptors (Lipinski definition) is 3. The molecule has 1 aliphatic rings. The van der Waals surface area contributed by atoms with Gasteiger partial charge in [-0.15, -0.1) is 0 Å². The van der Waals surface area contributed by atoms with Crippen LogP contribution in [0.1, 0.15) is 31.5 Å². The number of nitrogens with zero attached hydrogens (tertiary/aromatic N) is 2. The minimum Gasteiger partial charge on any atom is -0.481 e. The molecule has 2 heterocycles. The highest BCUT2D eigenvalue weighted by Gasteiger charge is 2.27. The monoisotopic (exact) mass is 234 g/mol. The van der Waals surface area contributed by atoms with E-state index in [-0.39, 0.29) is 12.0 Å². The van der Waals surface area contributed by atoms with Crippen LogP contribution in [0.15, 0.2) is 24.4 Å². The van der Waals surface area contributed by atoms with Gasteiger partial charge in [-0.2, -0.15) is 0 Å². The highest BCUT2D eigenvalue weighted by atomic mass is 16.4. The first-order valence-corrected chi connectivity index (χ1v) is 6.06. The van der Waals surface area contributed by atoms with Gasteiger partial charge in [0.25, 0.3) is 0 Å². The fourth-order valence-electron chi connectivity index (χ4n) is 2.34. The van der Waals surface area contributed by atoms with Gasteiger partial charge in [-0.25, -0.2) is 0 Å². The molecular weight excluding hydrogens is 216 g/mol. The van der Waals surface area contributed by atoms with Gasteiger partial charge in [-0.3, -0.25) is 14.7 Å². The Balaban J connectivity index is 1.95. The third-order valence-corrected chi connectivity index (χ3v) is 3.54. The van der Waals surface area contributed by atoms with E-state index in [0.29, 0.717) is 0 Å². The number of aromatic nitrogens is 1. The summed E-state index contributed by atoms with van der Waals surface area (Å²) in [6.45, 7) is 3.81. The third-order valence-electron chi connectivity index (χ3n) is 3.54. The van der Waals surface area contributed by atoms with Gasteiger partial charge in [0.05, 0.1) is 11.6 Å². The van der Waals surface area contributed by atoms with Gasteiger partial charge in [0, 0.05) is 12.2 Å². The average Bonchev–Trinajstić information content (AvgIpc) is 2.39. The van der Waals surface area contributed by atoms with Crippen molar-refractivity contribution >= 4 is 5.97 Å². The van der Waals surface area contributed by atoms with E-state index in [9.17, 15) is 4.79 Å². The van der Waals surface area contributed by atoms with Gasteiger partial charge in [-0.05, 0) is 45.0 Å². The predicted octanol–water partition coefficient (Wildman–Crippen LogP) is 1.94. The van der Waals surface area contributed by atoms with Crippen molar-refractivity contribution < 1.29 is 9.90 Å². The third kappa shape index (κ3) is 2.82. The number of likely N-dealkylation sites (tertiary alicyclic amines) is 1. The molecule has 1 saturated heterocycles. The zero-order valence-corrected chi connectivity index (χ0v) is 10.0. The summed E-state index contributed by atoms with van der Waals surface area (Å²) < 4.78 is 0. The molecule has 0 spiro atoms. The molecule has 2 rings (SSSR count). The Bertz CT molecular complexity index is 372. The van der Waals surface area contributed by atoms with Crippen LogP contribution in [-0.4, -0.2) is 34.0 Å². The van der Waals surface area contributed by atoms with E-state index < -0.39 is 5.97 Å². The number of piperidine rings is 1. The number of pyridine rings is 1. The van der Waals surface area contributed by atoms with Crippen LogP contribution in [0.25, 0.3) is 0 Å². The summed E-state index contributed by atoms with van der Waals surface area (Å²) in [6.07, 6.45) is 3.29. The summed E-state index contributed by atoms with van der Waals surface area (Å²) in [5.41, 5.74) is 1.06. The van der Waals surface area contributed by atoms with Crippen LogP contribution in [0.4, 0.5) is 0 Å². The second-order valence-electron chi connectivity index (χ2n) is 4.58. The number of hydrogen-bond donors (Lipinski definition) is 1. The zero-order valence-electron chi connectivity index (χ0n) is 10.0. The minimum absolute atomic E-state index is 0.165. The summed E-state index contributed by atoms with van der Waals surface area (Å²) in [5, 5.41) is 8.95. The number of rotatable bonds is 3. The highest BCUT2D eigenvalue weighted by Crippen LogP contribution is 2.25. The van der Waals surface area contributed by atoms with Crippen LogP contribution in [0, 0.1) is 5.92 Å². The van der Waals surface area contributed by atoms with E-state index in [1.165, 1.54) is 0 Å². The maximum absolute atomic E-state index is 10.9. The second kappa shape index (κ2) is 5.27. The van der Waals surface area contributed by atoms with E-state index in [0.717, 1.165) is 31.6 Å². The number of carbonyl (C=O) groups is 1. The fraction of sp³-hybridized carbons (Fsp3) is 0.538. The van der Waals surface area contributed by atoms with Crippen molar-refractivity contribution in [1.29, 1.82) is 0 Å². The molecule has 1 aromatic rings. The first kappa shape index (κ1) is 12.0. The molecule has 0 aliphatic carbocycles. The number of carboxylic acids is 1. The predicted molar refractivity (Wildman–Crippen MR) is 64.6 cm³/mol. The molecule has 1 aliphatic heterocycles. The lowest BCUT2D eigenvalue weighted by atomic mass is 9.95. The van der Waals surface area contributed by atoms with E-state index in [1.54, 1.807) is 6.20 Å². The van der Waals surface area contributed by atoms with Gasteiger partial charge < -0.3 is 5.11 Å².